The molecule has 0 saturated heterocycles. The van der Waals surface area contributed by atoms with Crippen LogP contribution in [0.4, 0.5) is 0 Å². The number of oxime groups is 1. The first-order chi connectivity index (χ1) is 8.22. The first-order valence-corrected chi connectivity index (χ1v) is 5.94. The van der Waals surface area contributed by atoms with E-state index in [1.165, 1.54) is 18.1 Å². The molecule has 1 atom stereocenters. The van der Waals surface area contributed by atoms with Gasteiger partial charge in [0.15, 0.2) is 5.84 Å². The highest BCUT2D eigenvalue weighted by Crippen LogP contribution is 2.27. The Morgan fingerprint density at radius 3 is 2.94 bits per heavy atom. The second-order valence-corrected chi connectivity index (χ2v) is 4.81. The molecule has 0 bridgehead atoms. The zero-order chi connectivity index (χ0) is 12.3. The topological polar surface area (TPSA) is 84.4 Å². The number of aromatic nitrogens is 2. The lowest BCUT2D eigenvalue weighted by molar-refractivity contribution is 0.317. The van der Waals surface area contributed by atoms with Crippen LogP contribution in [-0.2, 0) is 0 Å². The summed E-state index contributed by atoms with van der Waals surface area (Å²) in [4.78, 5) is 8.40. The van der Waals surface area contributed by atoms with Crippen LogP contribution in [-0.4, -0.2) is 26.3 Å². The van der Waals surface area contributed by atoms with E-state index >= 15 is 0 Å². The lowest BCUT2D eigenvalue weighted by Crippen LogP contribution is -2.23. The summed E-state index contributed by atoms with van der Waals surface area (Å²) in [5.41, 5.74) is 6.43. The number of fused-ring (bicyclic) bond motifs is 1. The maximum Gasteiger partial charge on any atom is 0.152 e. The highest BCUT2D eigenvalue weighted by molar-refractivity contribution is 8.00. The van der Waals surface area contributed by atoms with E-state index in [4.69, 9.17) is 10.9 Å². The number of para-hydroxylation sites is 1. The van der Waals surface area contributed by atoms with Crippen molar-refractivity contribution in [3.05, 3.63) is 30.6 Å². The summed E-state index contributed by atoms with van der Waals surface area (Å²) in [6, 6.07) is 7.74. The number of hydrogen-bond donors (Lipinski definition) is 2. The molecule has 1 aromatic carbocycles. The fraction of sp³-hybridized carbons (Fsp3) is 0.182. The third-order valence-electron chi connectivity index (χ3n) is 2.33. The Hall–Kier alpha value is -1.82. The Morgan fingerprint density at radius 1 is 1.41 bits per heavy atom. The molecule has 0 fully saturated rings. The minimum Gasteiger partial charge on any atom is -0.409 e. The van der Waals surface area contributed by atoms with Crippen molar-refractivity contribution in [2.75, 3.05) is 0 Å². The smallest absolute Gasteiger partial charge is 0.152 e. The number of benzene rings is 1. The van der Waals surface area contributed by atoms with Crippen LogP contribution in [0.15, 0.2) is 40.8 Å². The second kappa shape index (κ2) is 5.01. The summed E-state index contributed by atoms with van der Waals surface area (Å²) in [6.45, 7) is 1.86. The van der Waals surface area contributed by atoms with Gasteiger partial charge in [0.2, 0.25) is 0 Å². The van der Waals surface area contributed by atoms with Crippen molar-refractivity contribution in [3.8, 4) is 0 Å². The first-order valence-electron chi connectivity index (χ1n) is 5.06. The van der Waals surface area contributed by atoms with Crippen molar-refractivity contribution < 1.29 is 5.21 Å². The lowest BCUT2D eigenvalue weighted by Gasteiger charge is -2.09. The molecule has 0 saturated carbocycles. The summed E-state index contributed by atoms with van der Waals surface area (Å²) in [5.74, 6) is 0.178. The van der Waals surface area contributed by atoms with Crippen molar-refractivity contribution in [1.29, 1.82) is 0 Å². The third kappa shape index (κ3) is 2.47. The van der Waals surface area contributed by atoms with Gasteiger partial charge in [-0.15, -0.1) is 0 Å². The monoisotopic (exact) mass is 248 g/mol. The number of amidine groups is 1. The lowest BCUT2D eigenvalue weighted by atomic mass is 10.2. The van der Waals surface area contributed by atoms with Crippen molar-refractivity contribution in [1.82, 2.24) is 9.97 Å². The van der Waals surface area contributed by atoms with E-state index in [2.05, 4.69) is 15.1 Å². The van der Waals surface area contributed by atoms with Gasteiger partial charge >= 0.3 is 0 Å². The summed E-state index contributed by atoms with van der Waals surface area (Å²) >= 11 is 1.44. The molecule has 3 N–H and O–H groups in total. The summed E-state index contributed by atoms with van der Waals surface area (Å²) < 4.78 is 0. The summed E-state index contributed by atoms with van der Waals surface area (Å²) in [5, 5.41) is 13.3. The normalized spacial score (nSPS) is 13.8. The molecular formula is C11H12N4OS. The van der Waals surface area contributed by atoms with Gasteiger partial charge in [-0.2, -0.15) is 0 Å². The molecule has 0 radical (unpaired) electrons. The predicted octanol–water partition coefficient (Wildman–Crippen LogP) is 1.86. The van der Waals surface area contributed by atoms with Crippen LogP contribution in [0.3, 0.4) is 0 Å². The second-order valence-electron chi connectivity index (χ2n) is 3.48. The molecule has 0 amide bonds. The van der Waals surface area contributed by atoms with Gasteiger partial charge in [-0.1, -0.05) is 35.1 Å². The average molecular weight is 248 g/mol. The highest BCUT2D eigenvalue weighted by atomic mass is 32.2. The largest absolute Gasteiger partial charge is 0.409 e. The molecule has 1 aromatic heterocycles. The Morgan fingerprint density at radius 2 is 2.18 bits per heavy atom. The zero-order valence-corrected chi connectivity index (χ0v) is 10.1. The van der Waals surface area contributed by atoms with E-state index in [0.29, 0.717) is 0 Å². The molecule has 1 heterocycles. The van der Waals surface area contributed by atoms with Gasteiger partial charge in [-0.3, -0.25) is 0 Å². The Bertz CT molecular complexity index is 553. The van der Waals surface area contributed by atoms with Gasteiger partial charge in [0.25, 0.3) is 0 Å². The van der Waals surface area contributed by atoms with Gasteiger partial charge in [0, 0.05) is 5.39 Å². The molecule has 0 aliphatic rings. The molecule has 1 unspecified atom stereocenters. The molecule has 6 heteroatoms. The van der Waals surface area contributed by atoms with E-state index in [0.717, 1.165) is 15.9 Å². The summed E-state index contributed by atoms with van der Waals surface area (Å²) in [6.07, 6.45) is 1.52. The van der Waals surface area contributed by atoms with Crippen LogP contribution in [0, 0.1) is 0 Å². The quantitative estimate of drug-likeness (QED) is 0.216. The van der Waals surface area contributed by atoms with Crippen molar-refractivity contribution >= 4 is 28.5 Å². The van der Waals surface area contributed by atoms with Gasteiger partial charge in [-0.25, -0.2) is 9.97 Å². The van der Waals surface area contributed by atoms with Gasteiger partial charge in [0.1, 0.15) is 11.4 Å². The van der Waals surface area contributed by atoms with Gasteiger partial charge in [-0.05, 0) is 13.0 Å². The molecular weight excluding hydrogens is 236 g/mol. The molecule has 88 valence electrons. The Kier molecular flexibility index (Phi) is 3.43. The number of hydrogen-bond acceptors (Lipinski definition) is 5. The Balaban J connectivity index is 2.36. The summed E-state index contributed by atoms with van der Waals surface area (Å²) in [7, 11) is 0. The number of nitrogens with two attached hydrogens (primary N) is 1. The maximum absolute atomic E-state index is 8.61. The number of rotatable bonds is 3. The van der Waals surface area contributed by atoms with Crippen molar-refractivity contribution in [2.24, 2.45) is 10.9 Å². The maximum atomic E-state index is 8.61. The molecule has 0 aliphatic carbocycles. The van der Waals surface area contributed by atoms with Crippen LogP contribution in [0.2, 0.25) is 0 Å². The zero-order valence-electron chi connectivity index (χ0n) is 9.24. The van der Waals surface area contributed by atoms with E-state index in [9.17, 15) is 0 Å². The molecule has 2 rings (SSSR count). The number of nitrogens with zero attached hydrogens (tertiary/aromatic N) is 3. The molecule has 17 heavy (non-hydrogen) atoms. The first kappa shape index (κ1) is 11.7. The van der Waals surface area contributed by atoms with Crippen molar-refractivity contribution in [2.45, 2.75) is 17.2 Å². The van der Waals surface area contributed by atoms with E-state index in [1.807, 2.05) is 31.2 Å². The predicted molar refractivity (Wildman–Crippen MR) is 68.3 cm³/mol. The van der Waals surface area contributed by atoms with Crippen LogP contribution in [0.25, 0.3) is 10.9 Å². The van der Waals surface area contributed by atoms with Crippen molar-refractivity contribution in [3.63, 3.8) is 0 Å². The third-order valence-corrected chi connectivity index (χ3v) is 3.47. The fourth-order valence-corrected chi connectivity index (χ4v) is 2.29. The van der Waals surface area contributed by atoms with Crippen LogP contribution < -0.4 is 5.73 Å². The SMILES string of the molecule is CC(Sc1ncnc2ccccc12)C(N)=NO. The standard InChI is InChI=1S/C11H12N4OS/c1-7(10(12)15-16)17-11-8-4-2-3-5-9(8)13-6-14-11/h2-7,16H,1H3,(H2,12,15). The molecule has 5 nitrogen and oxygen atoms in total. The van der Waals surface area contributed by atoms with Gasteiger partial charge < -0.3 is 10.9 Å². The molecule has 0 aliphatic heterocycles. The van der Waals surface area contributed by atoms with E-state index in [-0.39, 0.29) is 11.1 Å². The van der Waals surface area contributed by atoms with Gasteiger partial charge in [0.05, 0.1) is 10.8 Å². The van der Waals surface area contributed by atoms with Crippen LogP contribution in [0.5, 0.6) is 0 Å². The van der Waals surface area contributed by atoms with Crippen LogP contribution >= 0.6 is 11.8 Å². The fourth-order valence-electron chi connectivity index (χ4n) is 1.38. The van der Waals surface area contributed by atoms with E-state index < -0.39 is 0 Å². The minimum absolute atomic E-state index is 0.140. The van der Waals surface area contributed by atoms with E-state index in [1.54, 1.807) is 0 Å². The van der Waals surface area contributed by atoms with Crippen LogP contribution in [0.1, 0.15) is 6.92 Å². The Labute approximate surface area is 103 Å². The number of thioether (sulfide) groups is 1. The molecule has 2 aromatic rings. The molecule has 0 spiro atoms. The average Bonchev–Trinajstić information content (AvgIpc) is 2.38. The minimum atomic E-state index is -0.140. The highest BCUT2D eigenvalue weighted by Gasteiger charge is 2.12.